The molecule has 9 heteroatoms. The van der Waals surface area contributed by atoms with Gasteiger partial charge in [-0.2, -0.15) is 4.52 Å². The van der Waals surface area contributed by atoms with Crippen LogP contribution in [0.15, 0.2) is 28.9 Å². The van der Waals surface area contributed by atoms with Crippen LogP contribution in [0.25, 0.3) is 5.65 Å². The number of nitrogens with one attached hydrogen (secondary N) is 1. The second kappa shape index (κ2) is 4.37. The molecule has 0 bridgehead atoms. The number of nitrogens with zero attached hydrogens (tertiary/aromatic N) is 5. The summed E-state index contributed by atoms with van der Waals surface area (Å²) >= 11 is 0. The standard InChI is InChI=1S/C10H8N6O3/c17-10(18)7-2-1-6(19-7)3-12-8-4-11-5-9-13-14-15-16(8)9/h1-2,4-5,12H,3H2,(H,17,18). The zero-order chi connectivity index (χ0) is 13.2. The third-order valence-corrected chi connectivity index (χ3v) is 2.42. The zero-order valence-corrected chi connectivity index (χ0v) is 9.52. The van der Waals surface area contributed by atoms with E-state index in [2.05, 4.69) is 25.8 Å². The second-order valence-electron chi connectivity index (χ2n) is 3.67. The monoisotopic (exact) mass is 260 g/mol. The lowest BCUT2D eigenvalue weighted by Crippen LogP contribution is -2.05. The molecule has 0 spiro atoms. The van der Waals surface area contributed by atoms with E-state index in [0.717, 1.165) is 0 Å². The summed E-state index contributed by atoms with van der Waals surface area (Å²) in [6.45, 7) is 0.300. The first kappa shape index (κ1) is 11.1. The Morgan fingerprint density at radius 3 is 3.11 bits per heavy atom. The van der Waals surface area contributed by atoms with Crippen LogP contribution < -0.4 is 5.32 Å². The van der Waals surface area contributed by atoms with Gasteiger partial charge in [-0.15, -0.1) is 5.10 Å². The minimum absolute atomic E-state index is 0.101. The molecule has 9 nitrogen and oxygen atoms in total. The summed E-state index contributed by atoms with van der Waals surface area (Å²) in [5, 5.41) is 22.8. The van der Waals surface area contributed by atoms with Crippen LogP contribution in [0.5, 0.6) is 0 Å². The Morgan fingerprint density at radius 2 is 2.32 bits per heavy atom. The Bertz CT molecular complexity index is 734. The highest BCUT2D eigenvalue weighted by Gasteiger charge is 2.09. The number of fused-ring (bicyclic) bond motifs is 1. The highest BCUT2D eigenvalue weighted by molar-refractivity contribution is 5.84. The fraction of sp³-hybridized carbons (Fsp3) is 0.100. The first-order valence-electron chi connectivity index (χ1n) is 5.32. The summed E-state index contributed by atoms with van der Waals surface area (Å²) < 4.78 is 6.60. The first-order valence-corrected chi connectivity index (χ1v) is 5.32. The molecule has 0 aliphatic rings. The van der Waals surface area contributed by atoms with Crippen LogP contribution in [0.2, 0.25) is 0 Å². The smallest absolute Gasteiger partial charge is 0.371 e. The van der Waals surface area contributed by atoms with E-state index in [1.165, 1.54) is 16.8 Å². The maximum Gasteiger partial charge on any atom is 0.371 e. The Morgan fingerprint density at radius 1 is 1.42 bits per heavy atom. The van der Waals surface area contributed by atoms with Crippen LogP contribution in [0, 0.1) is 0 Å². The number of carboxylic acids is 1. The molecule has 0 aromatic carbocycles. The molecular weight excluding hydrogens is 252 g/mol. The molecule has 0 amide bonds. The van der Waals surface area contributed by atoms with Crippen molar-refractivity contribution in [2.24, 2.45) is 0 Å². The molecule has 0 radical (unpaired) electrons. The summed E-state index contributed by atoms with van der Waals surface area (Å²) in [5.41, 5.74) is 0.510. The van der Waals surface area contributed by atoms with Gasteiger partial charge in [-0.25, -0.2) is 4.79 Å². The largest absolute Gasteiger partial charge is 0.475 e. The summed E-state index contributed by atoms with van der Waals surface area (Å²) in [6.07, 6.45) is 3.09. The summed E-state index contributed by atoms with van der Waals surface area (Å²) in [4.78, 5) is 14.7. The van der Waals surface area contributed by atoms with Crippen molar-refractivity contribution in [2.45, 2.75) is 6.54 Å². The van der Waals surface area contributed by atoms with E-state index < -0.39 is 5.97 Å². The number of furan rings is 1. The lowest BCUT2D eigenvalue weighted by atomic mass is 10.4. The molecule has 3 rings (SSSR count). The molecule has 2 N–H and O–H groups in total. The maximum atomic E-state index is 10.7. The summed E-state index contributed by atoms with van der Waals surface area (Å²) in [5.74, 6) is -0.135. The number of hydrogen-bond acceptors (Lipinski definition) is 7. The van der Waals surface area contributed by atoms with Crippen LogP contribution in [0.3, 0.4) is 0 Å². The summed E-state index contributed by atoms with van der Waals surface area (Å²) in [6, 6.07) is 2.98. The first-order chi connectivity index (χ1) is 9.24. The molecule has 0 saturated carbocycles. The van der Waals surface area contributed by atoms with Crippen LogP contribution in [0.4, 0.5) is 5.82 Å². The van der Waals surface area contributed by atoms with Crippen LogP contribution in [0.1, 0.15) is 16.3 Å². The normalized spacial score (nSPS) is 10.7. The van der Waals surface area contributed by atoms with Gasteiger partial charge in [0.05, 0.1) is 18.9 Å². The molecule has 3 aromatic rings. The van der Waals surface area contributed by atoms with Crippen molar-refractivity contribution in [3.63, 3.8) is 0 Å². The molecule has 3 aromatic heterocycles. The maximum absolute atomic E-state index is 10.7. The van der Waals surface area contributed by atoms with Crippen molar-refractivity contribution < 1.29 is 14.3 Å². The van der Waals surface area contributed by atoms with Crippen molar-refractivity contribution in [1.29, 1.82) is 0 Å². The average molecular weight is 260 g/mol. The number of carboxylic acid groups (broad SMARTS) is 1. The highest BCUT2D eigenvalue weighted by Crippen LogP contribution is 2.11. The van der Waals surface area contributed by atoms with Gasteiger partial charge < -0.3 is 14.8 Å². The molecule has 0 saturated heterocycles. The SMILES string of the molecule is O=C(O)c1ccc(CNc2cncc3nnnn23)o1. The molecule has 0 aliphatic carbocycles. The number of tetrazole rings is 1. The van der Waals surface area contributed by atoms with Gasteiger partial charge in [-0.1, -0.05) is 0 Å². The fourth-order valence-corrected chi connectivity index (χ4v) is 1.56. The average Bonchev–Trinajstić information content (AvgIpc) is 3.05. The molecule has 0 aliphatic heterocycles. The predicted molar refractivity (Wildman–Crippen MR) is 61.6 cm³/mol. The number of anilines is 1. The zero-order valence-electron chi connectivity index (χ0n) is 9.52. The van der Waals surface area contributed by atoms with Gasteiger partial charge in [0.1, 0.15) is 5.76 Å². The molecule has 0 unspecified atom stereocenters. The van der Waals surface area contributed by atoms with Crippen molar-refractivity contribution >= 4 is 17.4 Å². The van der Waals surface area contributed by atoms with Crippen LogP contribution in [-0.2, 0) is 6.54 Å². The Hall–Kier alpha value is -2.97. The van der Waals surface area contributed by atoms with Crippen molar-refractivity contribution in [1.82, 2.24) is 25.0 Å². The van der Waals surface area contributed by atoms with E-state index in [1.54, 1.807) is 12.3 Å². The van der Waals surface area contributed by atoms with Gasteiger partial charge in [-0.3, -0.25) is 4.98 Å². The van der Waals surface area contributed by atoms with Gasteiger partial charge in [0.15, 0.2) is 11.5 Å². The van der Waals surface area contributed by atoms with Crippen LogP contribution >= 0.6 is 0 Å². The predicted octanol–water partition coefficient (Wildman–Crippen LogP) is 0.423. The van der Waals surface area contributed by atoms with Gasteiger partial charge in [0.2, 0.25) is 5.76 Å². The fourth-order valence-electron chi connectivity index (χ4n) is 1.56. The minimum Gasteiger partial charge on any atom is -0.475 e. The molecule has 3 heterocycles. The van der Waals surface area contributed by atoms with E-state index in [4.69, 9.17) is 9.52 Å². The van der Waals surface area contributed by atoms with Gasteiger partial charge in [0, 0.05) is 0 Å². The van der Waals surface area contributed by atoms with E-state index in [0.29, 0.717) is 23.8 Å². The number of rotatable bonds is 4. The molecule has 96 valence electrons. The number of hydrogen-bond donors (Lipinski definition) is 2. The Labute approximate surface area is 105 Å². The number of aromatic nitrogens is 5. The number of carbonyl (C=O) groups is 1. The minimum atomic E-state index is -1.10. The third kappa shape index (κ3) is 2.08. The molecular formula is C10H8N6O3. The Kier molecular flexibility index (Phi) is 2.56. The molecule has 0 atom stereocenters. The quantitative estimate of drug-likeness (QED) is 0.692. The van der Waals surface area contributed by atoms with Crippen molar-refractivity contribution in [3.05, 3.63) is 36.0 Å². The van der Waals surface area contributed by atoms with Crippen molar-refractivity contribution in [3.8, 4) is 0 Å². The van der Waals surface area contributed by atoms with E-state index in [-0.39, 0.29) is 5.76 Å². The van der Waals surface area contributed by atoms with Gasteiger partial charge >= 0.3 is 5.97 Å². The molecule has 0 fully saturated rings. The van der Waals surface area contributed by atoms with Gasteiger partial charge in [0.25, 0.3) is 0 Å². The van der Waals surface area contributed by atoms with E-state index in [9.17, 15) is 4.79 Å². The highest BCUT2D eigenvalue weighted by atomic mass is 16.4. The van der Waals surface area contributed by atoms with Crippen molar-refractivity contribution in [2.75, 3.05) is 5.32 Å². The molecule has 19 heavy (non-hydrogen) atoms. The van der Waals surface area contributed by atoms with E-state index in [1.807, 2.05) is 0 Å². The topological polar surface area (TPSA) is 118 Å². The van der Waals surface area contributed by atoms with Crippen LogP contribution in [-0.4, -0.2) is 36.1 Å². The van der Waals surface area contributed by atoms with E-state index >= 15 is 0 Å². The van der Waals surface area contributed by atoms with Gasteiger partial charge in [-0.05, 0) is 22.6 Å². The summed E-state index contributed by atoms with van der Waals surface area (Å²) in [7, 11) is 0. The number of aromatic carboxylic acids is 1. The second-order valence-corrected chi connectivity index (χ2v) is 3.67. The lowest BCUT2D eigenvalue weighted by Gasteiger charge is -2.04. The third-order valence-electron chi connectivity index (χ3n) is 2.42. The lowest BCUT2D eigenvalue weighted by molar-refractivity contribution is 0.0660. The Balaban J connectivity index is 1.78.